The molecule has 2 aromatic heterocycles. The van der Waals surface area contributed by atoms with E-state index in [4.69, 9.17) is 10.5 Å². The van der Waals surface area contributed by atoms with Crippen LogP contribution in [0, 0.1) is 0 Å². The summed E-state index contributed by atoms with van der Waals surface area (Å²) in [5, 5.41) is 11.7. The Morgan fingerprint density at radius 3 is 2.55 bits per heavy atom. The van der Waals surface area contributed by atoms with Crippen LogP contribution < -0.4 is 21.7 Å². The van der Waals surface area contributed by atoms with Crippen LogP contribution in [0.5, 0.6) is 0 Å². The molecule has 0 fully saturated rings. The number of amides is 4. The van der Waals surface area contributed by atoms with Crippen molar-refractivity contribution in [3.63, 3.8) is 0 Å². The fourth-order valence-electron chi connectivity index (χ4n) is 4.14. The quantitative estimate of drug-likeness (QED) is 0.178. The van der Waals surface area contributed by atoms with Gasteiger partial charge in [0, 0.05) is 37.1 Å². The van der Waals surface area contributed by atoms with Crippen molar-refractivity contribution in [2.75, 3.05) is 20.1 Å². The minimum Gasteiger partial charge on any atom is -0.444 e. The number of alkyl carbamates (subject to hydrolysis) is 1. The van der Waals surface area contributed by atoms with Crippen molar-refractivity contribution in [3.8, 4) is 0 Å². The highest BCUT2D eigenvalue weighted by atomic mass is 32.1. The lowest BCUT2D eigenvalue weighted by Crippen LogP contribution is -2.53. The highest BCUT2D eigenvalue weighted by Crippen LogP contribution is 2.20. The first-order chi connectivity index (χ1) is 20.2. The third-order valence-corrected chi connectivity index (χ3v) is 8.33. The zero-order valence-electron chi connectivity index (χ0n) is 24.4. The Labute approximate surface area is 255 Å². The molecule has 42 heavy (non-hydrogen) atoms. The summed E-state index contributed by atoms with van der Waals surface area (Å²) in [5.74, 6) is 0.0268. The van der Waals surface area contributed by atoms with Crippen molar-refractivity contribution in [1.29, 1.82) is 0 Å². The summed E-state index contributed by atoms with van der Waals surface area (Å²) in [5.41, 5.74) is 9.37. The molecule has 3 rings (SSSR count). The van der Waals surface area contributed by atoms with E-state index < -0.39 is 12.1 Å². The van der Waals surface area contributed by atoms with E-state index in [0.29, 0.717) is 44.7 Å². The van der Waals surface area contributed by atoms with E-state index in [1.54, 1.807) is 30.1 Å². The molecule has 1 aromatic carbocycles. The lowest BCUT2D eigenvalue weighted by Gasteiger charge is -2.25. The predicted octanol–water partition coefficient (Wildman–Crippen LogP) is 4.02. The summed E-state index contributed by atoms with van der Waals surface area (Å²) >= 11 is 3.00. The van der Waals surface area contributed by atoms with Crippen LogP contribution in [-0.2, 0) is 29.1 Å². The Hall–Kier alpha value is -3.55. The molecule has 0 aliphatic rings. The number of nitrogens with one attached hydrogen (secondary N) is 3. The molecule has 2 heterocycles. The summed E-state index contributed by atoms with van der Waals surface area (Å²) in [4.78, 5) is 49.3. The number of thiazole rings is 2. The van der Waals surface area contributed by atoms with E-state index >= 15 is 0 Å². The lowest BCUT2D eigenvalue weighted by molar-refractivity contribution is -0.123. The number of benzene rings is 1. The molecule has 5 N–H and O–H groups in total. The number of carbonyl (C=O) groups excluding carboxylic acids is 3. The number of rotatable bonds is 16. The van der Waals surface area contributed by atoms with Gasteiger partial charge in [0.05, 0.1) is 27.6 Å². The average molecular weight is 616 g/mol. The molecule has 0 bridgehead atoms. The fraction of sp³-hybridized carbons (Fsp3) is 0.483. The number of ether oxygens (including phenoxy) is 1. The molecule has 2 atom stereocenters. The number of nitrogens with two attached hydrogens (primary N) is 1. The molecule has 3 aromatic rings. The second-order valence-electron chi connectivity index (χ2n) is 10.3. The molecule has 0 saturated carbocycles. The maximum Gasteiger partial charge on any atom is 0.407 e. The molecular weight excluding hydrogens is 574 g/mol. The zero-order chi connectivity index (χ0) is 30.3. The van der Waals surface area contributed by atoms with Crippen molar-refractivity contribution in [1.82, 2.24) is 30.8 Å². The van der Waals surface area contributed by atoms with E-state index in [1.165, 1.54) is 16.2 Å². The Morgan fingerprint density at radius 2 is 1.88 bits per heavy atom. The molecule has 13 heteroatoms. The number of aromatic nitrogens is 2. The van der Waals surface area contributed by atoms with Crippen molar-refractivity contribution >= 4 is 40.7 Å². The summed E-state index contributed by atoms with van der Waals surface area (Å²) in [6.45, 7) is 5.30. The van der Waals surface area contributed by atoms with Crippen LogP contribution in [0.3, 0.4) is 0 Å². The highest BCUT2D eigenvalue weighted by molar-refractivity contribution is 7.09. The van der Waals surface area contributed by atoms with Crippen LogP contribution in [0.2, 0.25) is 0 Å². The van der Waals surface area contributed by atoms with Gasteiger partial charge in [-0.25, -0.2) is 14.6 Å². The second-order valence-corrected chi connectivity index (χ2v) is 12.1. The molecule has 0 unspecified atom stereocenters. The minimum absolute atomic E-state index is 0.176. The van der Waals surface area contributed by atoms with Crippen molar-refractivity contribution in [2.45, 2.75) is 70.7 Å². The van der Waals surface area contributed by atoms with Crippen molar-refractivity contribution < 1.29 is 19.1 Å². The average Bonchev–Trinajstić information content (AvgIpc) is 3.67. The molecule has 11 nitrogen and oxygen atoms in total. The Morgan fingerprint density at radius 1 is 1.10 bits per heavy atom. The normalized spacial score (nSPS) is 12.4. The van der Waals surface area contributed by atoms with Gasteiger partial charge in [0.1, 0.15) is 12.6 Å². The third kappa shape index (κ3) is 11.4. The molecule has 0 spiro atoms. The first kappa shape index (κ1) is 33.0. The SMILES string of the molecule is CC(C)c1nc(CN(C)C(=O)N[C@@H](CCN)C(=O)N[C@H](CCCNC(=O)OCc2cncs2)Cc2ccccc2)cs1. The number of hydrogen-bond acceptors (Lipinski definition) is 9. The summed E-state index contributed by atoms with van der Waals surface area (Å²) in [7, 11) is 1.68. The van der Waals surface area contributed by atoms with Gasteiger partial charge in [-0.3, -0.25) is 9.78 Å². The van der Waals surface area contributed by atoms with Gasteiger partial charge in [-0.1, -0.05) is 44.2 Å². The standard InChI is InChI=1S/C29H41N7O4S2/c1-20(2)27-34-23(18-41-27)16-36(3)28(38)35-25(11-12-30)26(37)33-22(14-21-8-5-4-6-9-21)10-7-13-32-29(39)40-17-24-15-31-19-42-24/h4-6,8-9,15,18-20,22,25H,7,10-14,16-17,30H2,1-3H3,(H,32,39)(H,33,37)(H,35,38)/t22-,25+/m1/s1. The molecule has 0 radical (unpaired) electrons. The van der Waals surface area contributed by atoms with Gasteiger partial charge < -0.3 is 31.3 Å². The van der Waals surface area contributed by atoms with E-state index in [9.17, 15) is 14.4 Å². The molecule has 0 aliphatic heterocycles. The predicted molar refractivity (Wildman–Crippen MR) is 165 cm³/mol. The summed E-state index contributed by atoms with van der Waals surface area (Å²) in [6.07, 6.45) is 3.30. The second kappa shape index (κ2) is 17.4. The minimum atomic E-state index is -0.787. The van der Waals surface area contributed by atoms with Crippen LogP contribution in [0.4, 0.5) is 9.59 Å². The van der Waals surface area contributed by atoms with Crippen LogP contribution >= 0.6 is 22.7 Å². The Kier molecular flexibility index (Phi) is 13.7. The molecule has 4 amide bonds. The monoisotopic (exact) mass is 615 g/mol. The van der Waals surface area contributed by atoms with Gasteiger partial charge >= 0.3 is 12.1 Å². The number of urea groups is 1. The van der Waals surface area contributed by atoms with Crippen LogP contribution in [0.1, 0.15) is 60.2 Å². The van der Waals surface area contributed by atoms with Gasteiger partial charge in [0.15, 0.2) is 0 Å². The van der Waals surface area contributed by atoms with E-state index in [-0.39, 0.29) is 31.1 Å². The number of hydrogen-bond donors (Lipinski definition) is 4. The zero-order valence-corrected chi connectivity index (χ0v) is 26.0. The van der Waals surface area contributed by atoms with Gasteiger partial charge in [0.2, 0.25) is 5.91 Å². The van der Waals surface area contributed by atoms with Crippen molar-refractivity contribution in [3.05, 3.63) is 68.6 Å². The lowest BCUT2D eigenvalue weighted by atomic mass is 10.0. The molecule has 0 saturated heterocycles. The fourth-order valence-corrected chi connectivity index (χ4v) is 5.47. The topological polar surface area (TPSA) is 152 Å². The maximum atomic E-state index is 13.4. The smallest absolute Gasteiger partial charge is 0.407 e. The Balaban J connectivity index is 1.53. The first-order valence-corrected chi connectivity index (χ1v) is 15.8. The number of nitrogens with zero attached hydrogens (tertiary/aromatic N) is 3. The molecule has 0 aliphatic carbocycles. The van der Waals surface area contributed by atoms with Crippen molar-refractivity contribution in [2.24, 2.45) is 5.73 Å². The van der Waals surface area contributed by atoms with Crippen LogP contribution in [-0.4, -0.2) is 65.1 Å². The van der Waals surface area contributed by atoms with Gasteiger partial charge in [0.25, 0.3) is 0 Å². The highest BCUT2D eigenvalue weighted by Gasteiger charge is 2.25. The molecule has 228 valence electrons. The van der Waals surface area contributed by atoms with Gasteiger partial charge in [-0.2, -0.15) is 0 Å². The largest absolute Gasteiger partial charge is 0.444 e. The maximum absolute atomic E-state index is 13.4. The Bertz CT molecular complexity index is 1240. The van der Waals surface area contributed by atoms with Gasteiger partial charge in [-0.15, -0.1) is 22.7 Å². The molecular formula is C29H41N7O4S2. The first-order valence-electron chi connectivity index (χ1n) is 14.0. The van der Waals surface area contributed by atoms with Crippen LogP contribution in [0.25, 0.3) is 0 Å². The van der Waals surface area contributed by atoms with Gasteiger partial charge in [-0.05, 0) is 37.8 Å². The summed E-state index contributed by atoms with van der Waals surface area (Å²) in [6, 6.07) is 8.49. The van der Waals surface area contributed by atoms with Crippen LogP contribution in [0.15, 0.2) is 47.4 Å². The van der Waals surface area contributed by atoms with E-state index in [0.717, 1.165) is 21.1 Å². The van der Waals surface area contributed by atoms with E-state index in [2.05, 4.69) is 39.8 Å². The number of carbonyl (C=O) groups is 3. The third-order valence-electron chi connectivity index (χ3n) is 6.38. The van der Waals surface area contributed by atoms with E-state index in [1.807, 2.05) is 35.7 Å². The summed E-state index contributed by atoms with van der Waals surface area (Å²) < 4.78 is 5.21.